The summed E-state index contributed by atoms with van der Waals surface area (Å²) >= 11 is 0. The quantitative estimate of drug-likeness (QED) is 0.459. The maximum atomic E-state index is 4.71. The zero-order valence-corrected chi connectivity index (χ0v) is 16.1. The van der Waals surface area contributed by atoms with E-state index in [0.29, 0.717) is 12.5 Å². The molecule has 0 fully saturated rings. The van der Waals surface area contributed by atoms with Gasteiger partial charge in [0, 0.05) is 24.4 Å². The van der Waals surface area contributed by atoms with E-state index < -0.39 is 0 Å². The summed E-state index contributed by atoms with van der Waals surface area (Å²) in [6.45, 7) is 1.37. The number of aromatic nitrogens is 3. The van der Waals surface area contributed by atoms with Gasteiger partial charge in [-0.1, -0.05) is 66.7 Å². The first kappa shape index (κ1) is 18.6. The molecule has 2 aromatic heterocycles. The minimum absolute atomic E-state index is 0.607. The van der Waals surface area contributed by atoms with Crippen LogP contribution in [0.5, 0.6) is 0 Å². The summed E-state index contributed by atoms with van der Waals surface area (Å²) in [6, 6.07) is 28.4. The zero-order chi connectivity index (χ0) is 19.7. The second-order valence-corrected chi connectivity index (χ2v) is 6.67. The normalized spacial score (nSPS) is 10.5. The van der Waals surface area contributed by atoms with E-state index in [4.69, 9.17) is 4.98 Å². The van der Waals surface area contributed by atoms with Crippen LogP contribution >= 0.6 is 0 Å². The van der Waals surface area contributed by atoms with Crippen molar-refractivity contribution in [2.45, 2.75) is 13.0 Å². The van der Waals surface area contributed by atoms with Crippen LogP contribution in [0.3, 0.4) is 0 Å². The lowest BCUT2D eigenvalue weighted by Gasteiger charge is -2.11. The van der Waals surface area contributed by atoms with Crippen molar-refractivity contribution in [3.63, 3.8) is 0 Å². The highest BCUT2D eigenvalue weighted by atomic mass is 15.1. The molecule has 2 aromatic carbocycles. The topological polar surface area (TPSA) is 62.7 Å². The summed E-state index contributed by atoms with van der Waals surface area (Å²) in [4.78, 5) is 13.7. The van der Waals surface area contributed by atoms with E-state index in [2.05, 4.69) is 57.0 Å². The van der Waals surface area contributed by atoms with Gasteiger partial charge in [-0.05, 0) is 24.1 Å². The molecule has 0 spiro atoms. The molecule has 0 aliphatic rings. The van der Waals surface area contributed by atoms with Crippen LogP contribution in [0.25, 0.3) is 11.3 Å². The van der Waals surface area contributed by atoms with Gasteiger partial charge in [-0.3, -0.25) is 4.98 Å². The van der Waals surface area contributed by atoms with Crippen molar-refractivity contribution >= 4 is 11.8 Å². The predicted molar refractivity (Wildman–Crippen MR) is 118 cm³/mol. The van der Waals surface area contributed by atoms with Crippen LogP contribution in [0, 0.1) is 0 Å². The number of nitrogens with one attached hydrogen (secondary N) is 2. The van der Waals surface area contributed by atoms with Crippen molar-refractivity contribution in [1.82, 2.24) is 15.0 Å². The van der Waals surface area contributed by atoms with Crippen LogP contribution in [-0.4, -0.2) is 21.5 Å². The van der Waals surface area contributed by atoms with E-state index >= 15 is 0 Å². The molecule has 0 amide bonds. The van der Waals surface area contributed by atoms with Crippen molar-refractivity contribution < 1.29 is 0 Å². The lowest BCUT2D eigenvalue weighted by atomic mass is 10.1. The molecule has 0 atom stereocenters. The first-order chi connectivity index (χ1) is 14.4. The van der Waals surface area contributed by atoms with Crippen molar-refractivity contribution in [3.8, 4) is 11.3 Å². The van der Waals surface area contributed by atoms with Crippen molar-refractivity contribution in [3.05, 3.63) is 102 Å². The Bertz CT molecular complexity index is 1020. The van der Waals surface area contributed by atoms with Crippen LogP contribution in [0.2, 0.25) is 0 Å². The van der Waals surface area contributed by atoms with Gasteiger partial charge in [0.05, 0.1) is 17.9 Å². The number of benzene rings is 2. The van der Waals surface area contributed by atoms with Gasteiger partial charge in [0.1, 0.15) is 5.82 Å². The largest absolute Gasteiger partial charge is 0.364 e. The van der Waals surface area contributed by atoms with E-state index in [9.17, 15) is 0 Å². The lowest BCUT2D eigenvalue weighted by Crippen LogP contribution is -2.10. The minimum Gasteiger partial charge on any atom is -0.364 e. The standard InChI is InChI=1S/C24H23N5/c1-3-9-19(10-4-1)14-16-26-24-28-22(20-11-5-2-6-12-20)17-23(29-24)27-18-21-13-7-8-15-25-21/h1-13,15,17H,14,16,18H2,(H2,26,27,28,29). The van der Waals surface area contributed by atoms with Gasteiger partial charge in [0.25, 0.3) is 0 Å². The monoisotopic (exact) mass is 381 g/mol. The molecule has 0 aliphatic carbocycles. The molecular formula is C24H23N5. The van der Waals surface area contributed by atoms with Gasteiger partial charge < -0.3 is 10.6 Å². The Balaban J connectivity index is 1.51. The second kappa shape index (κ2) is 9.46. The molecule has 2 heterocycles. The summed E-state index contributed by atoms with van der Waals surface area (Å²) in [5.41, 5.74) is 4.19. The van der Waals surface area contributed by atoms with Crippen LogP contribution < -0.4 is 10.6 Å². The maximum Gasteiger partial charge on any atom is 0.225 e. The number of rotatable bonds is 8. The smallest absolute Gasteiger partial charge is 0.225 e. The van der Waals surface area contributed by atoms with Crippen LogP contribution in [0.4, 0.5) is 11.8 Å². The van der Waals surface area contributed by atoms with Crippen molar-refractivity contribution in [1.29, 1.82) is 0 Å². The number of hydrogen-bond donors (Lipinski definition) is 2. The predicted octanol–water partition coefficient (Wildman–Crippen LogP) is 4.81. The van der Waals surface area contributed by atoms with Gasteiger partial charge in [-0.25, -0.2) is 4.98 Å². The molecule has 0 bridgehead atoms. The van der Waals surface area contributed by atoms with E-state index in [-0.39, 0.29) is 0 Å². The Morgan fingerprint density at radius 3 is 2.24 bits per heavy atom. The third kappa shape index (κ3) is 5.39. The third-order valence-electron chi connectivity index (χ3n) is 4.51. The Hall–Kier alpha value is -3.73. The number of pyridine rings is 1. The molecule has 144 valence electrons. The number of nitrogens with zero attached hydrogens (tertiary/aromatic N) is 3. The molecule has 4 aromatic rings. The van der Waals surface area contributed by atoms with E-state index in [1.165, 1.54) is 5.56 Å². The van der Waals surface area contributed by atoms with Crippen LogP contribution in [-0.2, 0) is 13.0 Å². The highest BCUT2D eigenvalue weighted by Crippen LogP contribution is 2.21. The average molecular weight is 381 g/mol. The lowest BCUT2D eigenvalue weighted by molar-refractivity contribution is 0.975. The van der Waals surface area contributed by atoms with Crippen LogP contribution in [0.15, 0.2) is 91.1 Å². The molecule has 5 nitrogen and oxygen atoms in total. The Morgan fingerprint density at radius 1 is 0.724 bits per heavy atom. The van der Waals surface area contributed by atoms with Gasteiger partial charge in [0.2, 0.25) is 5.95 Å². The summed E-state index contributed by atoms with van der Waals surface area (Å²) in [5.74, 6) is 1.39. The molecule has 0 saturated heterocycles. The Morgan fingerprint density at radius 2 is 1.48 bits per heavy atom. The fourth-order valence-electron chi connectivity index (χ4n) is 3.02. The van der Waals surface area contributed by atoms with Gasteiger partial charge >= 0.3 is 0 Å². The number of anilines is 2. The third-order valence-corrected chi connectivity index (χ3v) is 4.51. The number of hydrogen-bond acceptors (Lipinski definition) is 5. The maximum absolute atomic E-state index is 4.71. The first-order valence-electron chi connectivity index (χ1n) is 9.73. The summed E-state index contributed by atoms with van der Waals surface area (Å²) in [7, 11) is 0. The van der Waals surface area contributed by atoms with Gasteiger partial charge in [-0.2, -0.15) is 4.98 Å². The molecule has 29 heavy (non-hydrogen) atoms. The molecule has 0 saturated carbocycles. The second-order valence-electron chi connectivity index (χ2n) is 6.67. The summed E-state index contributed by atoms with van der Waals surface area (Å²) in [5, 5.41) is 6.73. The van der Waals surface area contributed by atoms with Crippen LogP contribution in [0.1, 0.15) is 11.3 Å². The van der Waals surface area contributed by atoms with E-state index in [0.717, 1.165) is 35.7 Å². The highest BCUT2D eigenvalue weighted by Gasteiger charge is 2.07. The SMILES string of the molecule is c1ccc(CCNc2nc(NCc3ccccn3)cc(-c3ccccc3)n2)cc1. The zero-order valence-electron chi connectivity index (χ0n) is 16.1. The fraction of sp³-hybridized carbons (Fsp3) is 0.125. The molecule has 5 heteroatoms. The molecule has 0 unspecified atom stereocenters. The first-order valence-corrected chi connectivity index (χ1v) is 9.73. The summed E-state index contributed by atoms with van der Waals surface area (Å²) < 4.78 is 0. The van der Waals surface area contributed by atoms with Gasteiger partial charge in [-0.15, -0.1) is 0 Å². The van der Waals surface area contributed by atoms with Crippen molar-refractivity contribution in [2.75, 3.05) is 17.2 Å². The van der Waals surface area contributed by atoms with Gasteiger partial charge in [0.15, 0.2) is 0 Å². The van der Waals surface area contributed by atoms with E-state index in [1.807, 2.05) is 48.5 Å². The minimum atomic E-state index is 0.607. The average Bonchev–Trinajstić information content (AvgIpc) is 2.80. The Kier molecular flexibility index (Phi) is 6.08. The van der Waals surface area contributed by atoms with E-state index in [1.54, 1.807) is 6.20 Å². The Labute approximate surface area is 170 Å². The molecule has 0 aliphatic heterocycles. The molecule has 2 N–H and O–H groups in total. The fourth-order valence-corrected chi connectivity index (χ4v) is 3.02. The van der Waals surface area contributed by atoms with Crippen molar-refractivity contribution in [2.24, 2.45) is 0 Å². The summed E-state index contributed by atoms with van der Waals surface area (Å²) in [6.07, 6.45) is 2.71. The molecular weight excluding hydrogens is 358 g/mol. The molecule has 4 rings (SSSR count). The highest BCUT2D eigenvalue weighted by molar-refractivity contribution is 5.64. The molecule has 0 radical (unpaired) electrons.